The van der Waals surface area contributed by atoms with Crippen molar-refractivity contribution in [2.75, 3.05) is 38.6 Å². The molecule has 1 unspecified atom stereocenters. The van der Waals surface area contributed by atoms with Gasteiger partial charge in [-0.2, -0.15) is 0 Å². The molecule has 1 saturated heterocycles. The van der Waals surface area contributed by atoms with E-state index in [1.165, 1.54) is 5.69 Å². The minimum Gasteiger partial charge on any atom is -0.364 e. The molecule has 3 heteroatoms. The van der Waals surface area contributed by atoms with Gasteiger partial charge in [-0.05, 0) is 40.1 Å². The van der Waals surface area contributed by atoms with Crippen molar-refractivity contribution in [1.29, 1.82) is 0 Å². The second-order valence-electron chi connectivity index (χ2n) is 5.89. The Balaban J connectivity index is 2.22. The van der Waals surface area contributed by atoms with E-state index < -0.39 is 0 Å². The molecule has 1 aliphatic rings. The van der Waals surface area contributed by atoms with Crippen LogP contribution in [0.15, 0.2) is 30.3 Å². The van der Waals surface area contributed by atoms with Crippen molar-refractivity contribution >= 4 is 5.69 Å². The van der Waals surface area contributed by atoms with Crippen molar-refractivity contribution in [2.24, 2.45) is 0 Å². The molecule has 1 atom stereocenters. The van der Waals surface area contributed by atoms with E-state index in [-0.39, 0.29) is 5.54 Å². The molecule has 0 bridgehead atoms. The molecule has 3 nitrogen and oxygen atoms in total. The minimum atomic E-state index is 0.181. The predicted molar refractivity (Wildman–Crippen MR) is 78.2 cm³/mol. The van der Waals surface area contributed by atoms with E-state index in [0.29, 0.717) is 6.04 Å². The summed E-state index contributed by atoms with van der Waals surface area (Å²) in [6.07, 6.45) is 0. The molecule has 2 rings (SSSR count). The Morgan fingerprint density at radius 2 is 1.94 bits per heavy atom. The molecule has 0 aliphatic carbocycles. The van der Waals surface area contributed by atoms with Crippen molar-refractivity contribution in [3.05, 3.63) is 30.3 Å². The summed E-state index contributed by atoms with van der Waals surface area (Å²) in [7, 11) is 4.26. The smallest absolute Gasteiger partial charge is 0.0473 e. The van der Waals surface area contributed by atoms with Gasteiger partial charge in [-0.25, -0.2) is 0 Å². The highest BCUT2D eigenvalue weighted by molar-refractivity contribution is 5.49. The molecule has 1 heterocycles. The lowest BCUT2D eigenvalue weighted by atomic mass is 9.95. The lowest BCUT2D eigenvalue weighted by Gasteiger charge is -2.51. The first-order valence-electron chi connectivity index (χ1n) is 6.72. The Morgan fingerprint density at radius 3 is 2.56 bits per heavy atom. The van der Waals surface area contributed by atoms with E-state index in [1.807, 2.05) is 7.05 Å². The molecule has 0 radical (unpaired) electrons. The van der Waals surface area contributed by atoms with Crippen molar-refractivity contribution in [3.8, 4) is 0 Å². The molecule has 0 saturated carbocycles. The topological polar surface area (TPSA) is 18.5 Å². The zero-order chi connectivity index (χ0) is 13.2. The lowest BCUT2D eigenvalue weighted by Crippen LogP contribution is -2.64. The number of nitrogens with zero attached hydrogens (tertiary/aromatic N) is 2. The largest absolute Gasteiger partial charge is 0.364 e. The SMILES string of the molecule is CNCC1CN(c2ccccc2)C(C)(C)CN1C. The van der Waals surface area contributed by atoms with E-state index in [2.05, 4.69) is 66.3 Å². The van der Waals surface area contributed by atoms with Gasteiger partial charge in [0.05, 0.1) is 0 Å². The molecule has 1 N–H and O–H groups in total. The highest BCUT2D eigenvalue weighted by Crippen LogP contribution is 2.29. The van der Waals surface area contributed by atoms with Gasteiger partial charge < -0.3 is 10.2 Å². The maximum atomic E-state index is 3.30. The quantitative estimate of drug-likeness (QED) is 0.879. The second-order valence-corrected chi connectivity index (χ2v) is 5.89. The van der Waals surface area contributed by atoms with Crippen LogP contribution >= 0.6 is 0 Å². The number of hydrogen-bond acceptors (Lipinski definition) is 3. The Hall–Kier alpha value is -1.06. The van der Waals surface area contributed by atoms with Crippen LogP contribution in [-0.2, 0) is 0 Å². The van der Waals surface area contributed by atoms with E-state index >= 15 is 0 Å². The van der Waals surface area contributed by atoms with Gasteiger partial charge >= 0.3 is 0 Å². The van der Waals surface area contributed by atoms with Gasteiger partial charge in [0.1, 0.15) is 0 Å². The first kappa shape index (κ1) is 13.4. The monoisotopic (exact) mass is 247 g/mol. The van der Waals surface area contributed by atoms with Crippen LogP contribution < -0.4 is 10.2 Å². The molecular weight excluding hydrogens is 222 g/mol. The van der Waals surface area contributed by atoms with Gasteiger partial charge in [0.15, 0.2) is 0 Å². The summed E-state index contributed by atoms with van der Waals surface area (Å²) in [5.74, 6) is 0. The maximum absolute atomic E-state index is 3.30. The molecule has 1 aromatic carbocycles. The standard InChI is InChI=1S/C15H25N3/c1-15(2)12-17(4)14(10-16-3)11-18(15)13-8-6-5-7-9-13/h5-9,14,16H,10-12H2,1-4H3. The molecule has 0 amide bonds. The number of rotatable bonds is 3. The first-order valence-corrected chi connectivity index (χ1v) is 6.72. The van der Waals surface area contributed by atoms with Gasteiger partial charge in [-0.1, -0.05) is 18.2 Å². The summed E-state index contributed by atoms with van der Waals surface area (Å²) in [4.78, 5) is 5.00. The number of benzene rings is 1. The van der Waals surface area contributed by atoms with E-state index in [0.717, 1.165) is 19.6 Å². The summed E-state index contributed by atoms with van der Waals surface area (Å²) < 4.78 is 0. The van der Waals surface area contributed by atoms with Gasteiger partial charge in [-0.3, -0.25) is 4.90 Å². The van der Waals surface area contributed by atoms with Crippen LogP contribution in [0.1, 0.15) is 13.8 Å². The highest BCUT2D eigenvalue weighted by Gasteiger charge is 2.36. The number of likely N-dealkylation sites (N-methyl/N-ethyl adjacent to an activating group) is 2. The third kappa shape index (κ3) is 2.68. The van der Waals surface area contributed by atoms with Crippen molar-refractivity contribution in [3.63, 3.8) is 0 Å². The van der Waals surface area contributed by atoms with Gasteiger partial charge in [-0.15, -0.1) is 0 Å². The number of nitrogens with one attached hydrogen (secondary N) is 1. The van der Waals surface area contributed by atoms with Gasteiger partial charge in [0.2, 0.25) is 0 Å². The lowest BCUT2D eigenvalue weighted by molar-refractivity contribution is 0.150. The summed E-state index contributed by atoms with van der Waals surface area (Å²) in [6.45, 7) is 7.86. The van der Waals surface area contributed by atoms with Crippen LogP contribution in [0.25, 0.3) is 0 Å². The zero-order valence-electron chi connectivity index (χ0n) is 12.0. The second kappa shape index (κ2) is 5.29. The van der Waals surface area contributed by atoms with Crippen LogP contribution in [0, 0.1) is 0 Å². The molecule has 1 aromatic rings. The Bertz CT molecular complexity index is 375. The summed E-state index contributed by atoms with van der Waals surface area (Å²) in [6, 6.07) is 11.3. The van der Waals surface area contributed by atoms with Crippen molar-refractivity contribution in [1.82, 2.24) is 10.2 Å². The van der Waals surface area contributed by atoms with Gasteiger partial charge in [0.25, 0.3) is 0 Å². The van der Waals surface area contributed by atoms with Crippen LogP contribution in [-0.4, -0.2) is 50.2 Å². The molecule has 100 valence electrons. The summed E-state index contributed by atoms with van der Waals surface area (Å²) >= 11 is 0. The van der Waals surface area contributed by atoms with Crippen LogP contribution in [0.3, 0.4) is 0 Å². The van der Waals surface area contributed by atoms with Crippen LogP contribution in [0.2, 0.25) is 0 Å². The minimum absolute atomic E-state index is 0.181. The maximum Gasteiger partial charge on any atom is 0.0473 e. The molecule has 0 aromatic heterocycles. The fourth-order valence-electron chi connectivity index (χ4n) is 2.94. The summed E-state index contributed by atoms with van der Waals surface area (Å²) in [5.41, 5.74) is 1.51. The average Bonchev–Trinajstić information content (AvgIpc) is 2.33. The van der Waals surface area contributed by atoms with Gasteiger partial charge in [0, 0.05) is 36.9 Å². The molecule has 0 spiro atoms. The third-order valence-corrected chi connectivity index (χ3v) is 3.89. The number of hydrogen-bond donors (Lipinski definition) is 1. The van der Waals surface area contributed by atoms with Crippen molar-refractivity contribution < 1.29 is 0 Å². The van der Waals surface area contributed by atoms with E-state index in [4.69, 9.17) is 0 Å². The predicted octanol–water partition coefficient (Wildman–Crippen LogP) is 1.80. The van der Waals surface area contributed by atoms with Crippen molar-refractivity contribution in [2.45, 2.75) is 25.4 Å². The molecule has 1 aliphatic heterocycles. The normalized spacial score (nSPS) is 24.2. The zero-order valence-corrected chi connectivity index (χ0v) is 12.0. The summed E-state index contributed by atoms with van der Waals surface area (Å²) in [5, 5.41) is 3.30. The van der Waals surface area contributed by atoms with E-state index in [9.17, 15) is 0 Å². The van der Waals surface area contributed by atoms with Crippen LogP contribution in [0.5, 0.6) is 0 Å². The Kier molecular flexibility index (Phi) is 3.93. The number of piperazine rings is 1. The molecule has 18 heavy (non-hydrogen) atoms. The highest BCUT2D eigenvalue weighted by atomic mass is 15.3. The number of anilines is 1. The van der Waals surface area contributed by atoms with Crippen LogP contribution in [0.4, 0.5) is 5.69 Å². The first-order chi connectivity index (χ1) is 8.54. The fraction of sp³-hybridized carbons (Fsp3) is 0.600. The third-order valence-electron chi connectivity index (χ3n) is 3.89. The molecular formula is C15H25N3. The number of para-hydroxylation sites is 1. The Morgan fingerprint density at radius 1 is 1.28 bits per heavy atom. The average molecular weight is 247 g/mol. The molecule has 1 fully saturated rings. The van der Waals surface area contributed by atoms with E-state index in [1.54, 1.807) is 0 Å². The Labute approximate surface area is 111 Å². The fourth-order valence-corrected chi connectivity index (χ4v) is 2.94.